The molecule has 0 amide bonds. The van der Waals surface area contributed by atoms with Crippen LogP contribution in [0, 0.1) is 13.8 Å². The normalized spacial score (nSPS) is 21.5. The molecule has 1 aliphatic heterocycles. The lowest BCUT2D eigenvalue weighted by molar-refractivity contribution is -1.02. The summed E-state index contributed by atoms with van der Waals surface area (Å²) in [5.41, 5.74) is 3.58. The molecule has 1 atom stereocenters. The van der Waals surface area contributed by atoms with Crippen molar-refractivity contribution in [2.24, 2.45) is 0 Å². The van der Waals surface area contributed by atoms with Crippen molar-refractivity contribution in [1.82, 2.24) is 4.57 Å². The van der Waals surface area contributed by atoms with E-state index < -0.39 is 0 Å². The van der Waals surface area contributed by atoms with Crippen LogP contribution in [0.4, 0.5) is 0 Å². The number of benzene rings is 1. The van der Waals surface area contributed by atoms with Crippen molar-refractivity contribution in [1.29, 1.82) is 0 Å². The van der Waals surface area contributed by atoms with E-state index in [1.165, 1.54) is 15.4 Å². The fourth-order valence-electron chi connectivity index (χ4n) is 4.08. The first-order valence-electron chi connectivity index (χ1n) is 9.58. The number of hydrogen-bond donors (Lipinski definition) is 3. The summed E-state index contributed by atoms with van der Waals surface area (Å²) in [5.74, 6) is 0.126. The number of likely N-dealkylation sites (N-methyl/N-ethyl adjacent to an activating group) is 1. The number of aryl methyl sites for hydroxylation is 2. The average Bonchev–Trinajstić information content (AvgIpc) is 2.61. The third-order valence-electron chi connectivity index (χ3n) is 5.69. The fourth-order valence-corrected chi connectivity index (χ4v) is 4.08. The molecule has 0 bridgehead atoms. The Morgan fingerprint density at radius 1 is 1.12 bits per heavy atom. The number of aromatic hydroxyl groups is 1. The molecule has 1 aromatic heterocycles. The standard InChI is InChI=1S/C21H29N3O2/c1-5-24-16(3)14-18(25)19(21(24)26)20(17-8-6-15(2)7-9-17)23-12-10-22(4)11-13-23/h6-9,14,20,25H,5,10-13H2,1-4H3/p+2/t20-/m0/s1. The van der Waals surface area contributed by atoms with Gasteiger partial charge in [-0.2, -0.15) is 0 Å². The van der Waals surface area contributed by atoms with Gasteiger partial charge in [-0.3, -0.25) is 4.79 Å². The molecule has 26 heavy (non-hydrogen) atoms. The van der Waals surface area contributed by atoms with E-state index in [-0.39, 0.29) is 17.4 Å². The lowest BCUT2D eigenvalue weighted by Crippen LogP contribution is -3.27. The molecular weight excluding hydrogens is 326 g/mol. The molecule has 1 saturated heterocycles. The molecule has 3 rings (SSSR count). The molecule has 2 heterocycles. The highest BCUT2D eigenvalue weighted by atomic mass is 16.3. The van der Waals surface area contributed by atoms with Crippen molar-refractivity contribution in [3.63, 3.8) is 0 Å². The van der Waals surface area contributed by atoms with Gasteiger partial charge in [0.2, 0.25) is 0 Å². The monoisotopic (exact) mass is 357 g/mol. The van der Waals surface area contributed by atoms with E-state index in [1.807, 2.05) is 13.8 Å². The van der Waals surface area contributed by atoms with Crippen molar-refractivity contribution in [2.75, 3.05) is 33.2 Å². The Balaban J connectivity index is 2.15. The number of piperazine rings is 1. The highest BCUT2D eigenvalue weighted by Gasteiger charge is 2.35. The first-order valence-corrected chi connectivity index (χ1v) is 9.58. The van der Waals surface area contributed by atoms with Crippen LogP contribution in [0.25, 0.3) is 0 Å². The van der Waals surface area contributed by atoms with Gasteiger partial charge < -0.3 is 19.5 Å². The summed E-state index contributed by atoms with van der Waals surface area (Å²) in [6.45, 7) is 10.7. The van der Waals surface area contributed by atoms with Gasteiger partial charge in [0.05, 0.1) is 7.05 Å². The zero-order valence-corrected chi connectivity index (χ0v) is 16.3. The van der Waals surface area contributed by atoms with E-state index >= 15 is 0 Å². The molecule has 0 saturated carbocycles. The van der Waals surface area contributed by atoms with Crippen LogP contribution < -0.4 is 15.4 Å². The summed E-state index contributed by atoms with van der Waals surface area (Å²) < 4.78 is 1.76. The van der Waals surface area contributed by atoms with Crippen LogP contribution in [0.3, 0.4) is 0 Å². The number of rotatable bonds is 4. The summed E-state index contributed by atoms with van der Waals surface area (Å²) in [6, 6.07) is 10.00. The number of quaternary nitrogens is 2. The molecule has 140 valence electrons. The largest absolute Gasteiger partial charge is 0.507 e. The Kier molecular flexibility index (Phi) is 5.49. The maximum atomic E-state index is 13.2. The molecular formula is C21H31N3O2+2. The predicted molar refractivity (Wildman–Crippen MR) is 103 cm³/mol. The van der Waals surface area contributed by atoms with Gasteiger partial charge in [-0.05, 0) is 26.8 Å². The van der Waals surface area contributed by atoms with Gasteiger partial charge in [-0.25, -0.2) is 0 Å². The second kappa shape index (κ2) is 7.64. The SMILES string of the molecule is CCn1c(C)cc(O)c([C@H](c2ccc(C)cc2)[NH+]2CC[NH+](C)CC2)c1=O. The summed E-state index contributed by atoms with van der Waals surface area (Å²) in [5, 5.41) is 10.7. The van der Waals surface area contributed by atoms with E-state index in [0.717, 1.165) is 37.4 Å². The zero-order chi connectivity index (χ0) is 18.8. The van der Waals surface area contributed by atoms with Crippen molar-refractivity contribution >= 4 is 0 Å². The number of hydrogen-bond acceptors (Lipinski definition) is 2. The lowest BCUT2D eigenvalue weighted by atomic mass is 9.95. The van der Waals surface area contributed by atoms with Crippen LogP contribution in [0.15, 0.2) is 35.1 Å². The van der Waals surface area contributed by atoms with Gasteiger partial charge in [-0.15, -0.1) is 0 Å². The van der Waals surface area contributed by atoms with Gasteiger partial charge in [0.25, 0.3) is 5.56 Å². The number of nitrogens with one attached hydrogen (secondary N) is 2. The third-order valence-corrected chi connectivity index (χ3v) is 5.69. The Bertz CT molecular complexity index is 818. The molecule has 2 aromatic rings. The van der Waals surface area contributed by atoms with Crippen molar-refractivity contribution < 1.29 is 14.9 Å². The number of aromatic nitrogens is 1. The minimum Gasteiger partial charge on any atom is -0.507 e. The highest BCUT2D eigenvalue weighted by molar-refractivity contribution is 5.40. The molecule has 1 aromatic carbocycles. The zero-order valence-electron chi connectivity index (χ0n) is 16.3. The summed E-state index contributed by atoms with van der Waals surface area (Å²) in [4.78, 5) is 16.1. The van der Waals surface area contributed by atoms with Crippen molar-refractivity contribution in [3.05, 3.63) is 63.1 Å². The summed E-state index contributed by atoms with van der Waals surface area (Å²) >= 11 is 0. The number of nitrogens with zero attached hydrogens (tertiary/aromatic N) is 1. The van der Waals surface area contributed by atoms with Crippen LogP contribution in [0.1, 0.15) is 35.3 Å². The Hall–Kier alpha value is -2.11. The Morgan fingerprint density at radius 2 is 1.73 bits per heavy atom. The predicted octanol–water partition coefficient (Wildman–Crippen LogP) is -0.307. The first-order chi connectivity index (χ1) is 12.4. The molecule has 0 radical (unpaired) electrons. The summed E-state index contributed by atoms with van der Waals surface area (Å²) in [7, 11) is 2.21. The van der Waals surface area contributed by atoms with Crippen molar-refractivity contribution in [3.8, 4) is 5.75 Å². The van der Waals surface area contributed by atoms with Gasteiger partial charge in [0, 0.05) is 17.8 Å². The molecule has 1 aliphatic rings. The highest BCUT2D eigenvalue weighted by Crippen LogP contribution is 2.25. The van der Waals surface area contributed by atoms with E-state index in [2.05, 4.69) is 38.2 Å². The molecule has 1 fully saturated rings. The molecule has 3 N–H and O–H groups in total. The van der Waals surface area contributed by atoms with E-state index in [1.54, 1.807) is 10.6 Å². The fraction of sp³-hybridized carbons (Fsp3) is 0.476. The second-order valence-electron chi connectivity index (χ2n) is 7.59. The van der Waals surface area contributed by atoms with Crippen LogP contribution in [0.2, 0.25) is 0 Å². The van der Waals surface area contributed by atoms with Crippen LogP contribution in [-0.4, -0.2) is 42.9 Å². The van der Waals surface area contributed by atoms with Crippen LogP contribution >= 0.6 is 0 Å². The van der Waals surface area contributed by atoms with E-state index in [0.29, 0.717) is 12.1 Å². The van der Waals surface area contributed by atoms with Crippen LogP contribution in [-0.2, 0) is 6.54 Å². The average molecular weight is 357 g/mol. The maximum absolute atomic E-state index is 13.2. The maximum Gasteiger partial charge on any atom is 0.264 e. The minimum atomic E-state index is -0.130. The smallest absolute Gasteiger partial charge is 0.264 e. The minimum absolute atomic E-state index is 0.0608. The molecule has 5 heteroatoms. The van der Waals surface area contributed by atoms with Gasteiger partial charge in [-0.1, -0.05) is 29.8 Å². The summed E-state index contributed by atoms with van der Waals surface area (Å²) in [6.07, 6.45) is 0. The first kappa shape index (κ1) is 18.7. The molecule has 5 nitrogen and oxygen atoms in total. The van der Waals surface area contributed by atoms with Gasteiger partial charge >= 0.3 is 0 Å². The Morgan fingerprint density at radius 3 is 2.31 bits per heavy atom. The topological polar surface area (TPSA) is 51.1 Å². The van der Waals surface area contributed by atoms with E-state index in [9.17, 15) is 9.90 Å². The molecule has 0 aliphatic carbocycles. The third kappa shape index (κ3) is 3.55. The van der Waals surface area contributed by atoms with E-state index in [4.69, 9.17) is 0 Å². The van der Waals surface area contributed by atoms with Gasteiger partial charge in [0.1, 0.15) is 43.5 Å². The molecule has 0 spiro atoms. The van der Waals surface area contributed by atoms with Gasteiger partial charge in [0.15, 0.2) is 0 Å². The van der Waals surface area contributed by atoms with Crippen molar-refractivity contribution in [2.45, 2.75) is 33.4 Å². The second-order valence-corrected chi connectivity index (χ2v) is 7.59. The number of pyridine rings is 1. The van der Waals surface area contributed by atoms with Crippen LogP contribution in [0.5, 0.6) is 5.75 Å². The Labute approximate surface area is 155 Å². The lowest BCUT2D eigenvalue weighted by Gasteiger charge is -2.34. The quantitative estimate of drug-likeness (QED) is 0.703. The molecule has 0 unspecified atom stereocenters.